The summed E-state index contributed by atoms with van der Waals surface area (Å²) in [7, 11) is 3.25. The highest BCUT2D eigenvalue weighted by molar-refractivity contribution is 9.10. The molecule has 1 aromatic heterocycles. The van der Waals surface area contributed by atoms with Crippen LogP contribution in [-0.4, -0.2) is 61.7 Å². The number of nitrogens with zero attached hydrogens (tertiary/aromatic N) is 5. The number of nitrogens with one attached hydrogen (secondary N) is 2. The number of morpholine rings is 1. The van der Waals surface area contributed by atoms with Crippen molar-refractivity contribution in [1.29, 1.82) is 0 Å². The number of ether oxygens (including phenoxy) is 3. The maximum atomic E-state index is 5.45. The first kappa shape index (κ1) is 22.7. The Morgan fingerprint density at radius 2 is 1.76 bits per heavy atom. The SMILES string of the molecule is COc1ccc(Nc2nc(NN=Cc3cc(Br)ccc3OC)nc(N3CCOCC3)n2)cc1. The molecule has 0 atom stereocenters. The van der Waals surface area contributed by atoms with Gasteiger partial charge in [-0.05, 0) is 42.5 Å². The van der Waals surface area contributed by atoms with Crippen LogP contribution in [0.4, 0.5) is 23.5 Å². The second-order valence-electron chi connectivity index (χ2n) is 6.99. The quantitative estimate of drug-likeness (QED) is 0.344. The van der Waals surface area contributed by atoms with Crippen molar-refractivity contribution in [1.82, 2.24) is 15.0 Å². The van der Waals surface area contributed by atoms with E-state index in [2.05, 4.69) is 51.6 Å². The molecule has 11 heteroatoms. The first-order valence-corrected chi connectivity index (χ1v) is 11.1. The van der Waals surface area contributed by atoms with Crippen molar-refractivity contribution in [2.24, 2.45) is 5.10 Å². The van der Waals surface area contributed by atoms with Crippen LogP contribution in [0.15, 0.2) is 52.0 Å². The van der Waals surface area contributed by atoms with Crippen LogP contribution in [-0.2, 0) is 4.74 Å². The lowest BCUT2D eigenvalue weighted by Gasteiger charge is -2.27. The van der Waals surface area contributed by atoms with E-state index >= 15 is 0 Å². The zero-order valence-electron chi connectivity index (χ0n) is 18.3. The van der Waals surface area contributed by atoms with Crippen LogP contribution in [0, 0.1) is 0 Å². The van der Waals surface area contributed by atoms with Crippen molar-refractivity contribution < 1.29 is 14.2 Å². The van der Waals surface area contributed by atoms with Crippen molar-refractivity contribution in [2.45, 2.75) is 0 Å². The van der Waals surface area contributed by atoms with Crippen LogP contribution in [0.1, 0.15) is 5.56 Å². The molecule has 2 aromatic carbocycles. The fourth-order valence-corrected chi connectivity index (χ4v) is 3.52. The van der Waals surface area contributed by atoms with Crippen molar-refractivity contribution in [3.63, 3.8) is 0 Å². The van der Waals surface area contributed by atoms with Gasteiger partial charge in [-0.3, -0.25) is 0 Å². The van der Waals surface area contributed by atoms with Crippen molar-refractivity contribution in [3.8, 4) is 11.5 Å². The zero-order valence-corrected chi connectivity index (χ0v) is 19.9. The number of hydrazone groups is 1. The Balaban J connectivity index is 1.57. The number of hydrogen-bond acceptors (Lipinski definition) is 10. The van der Waals surface area contributed by atoms with Crippen LogP contribution in [0.3, 0.4) is 0 Å². The van der Waals surface area contributed by atoms with Gasteiger partial charge in [0.15, 0.2) is 0 Å². The Bertz CT molecular complexity index is 1110. The fourth-order valence-electron chi connectivity index (χ4n) is 3.14. The summed E-state index contributed by atoms with van der Waals surface area (Å²) in [5.74, 6) is 2.73. The molecule has 2 heterocycles. The molecule has 1 aliphatic heterocycles. The number of anilines is 4. The second kappa shape index (κ2) is 10.9. The van der Waals surface area contributed by atoms with E-state index < -0.39 is 0 Å². The molecule has 0 spiro atoms. The number of methoxy groups -OCH3 is 2. The van der Waals surface area contributed by atoms with Gasteiger partial charge in [0.05, 0.1) is 33.6 Å². The van der Waals surface area contributed by atoms with E-state index in [0.29, 0.717) is 49.9 Å². The third-order valence-corrected chi connectivity index (χ3v) is 5.32. The Kier molecular flexibility index (Phi) is 7.53. The van der Waals surface area contributed by atoms with Crippen LogP contribution >= 0.6 is 15.9 Å². The molecule has 1 aliphatic rings. The highest BCUT2D eigenvalue weighted by atomic mass is 79.9. The molecular formula is C22H24BrN7O3. The van der Waals surface area contributed by atoms with Gasteiger partial charge in [0.1, 0.15) is 11.5 Å². The molecule has 0 aliphatic carbocycles. The maximum Gasteiger partial charge on any atom is 0.250 e. The summed E-state index contributed by atoms with van der Waals surface area (Å²) in [5.41, 5.74) is 4.53. The molecule has 172 valence electrons. The molecule has 1 saturated heterocycles. The molecule has 0 saturated carbocycles. The van der Waals surface area contributed by atoms with Gasteiger partial charge in [-0.15, -0.1) is 0 Å². The molecule has 1 fully saturated rings. The summed E-state index contributed by atoms with van der Waals surface area (Å²) >= 11 is 3.46. The Hall–Kier alpha value is -3.44. The summed E-state index contributed by atoms with van der Waals surface area (Å²) < 4.78 is 17.0. The van der Waals surface area contributed by atoms with Crippen LogP contribution in [0.5, 0.6) is 11.5 Å². The van der Waals surface area contributed by atoms with Crippen molar-refractivity contribution in [3.05, 3.63) is 52.5 Å². The summed E-state index contributed by atoms with van der Waals surface area (Å²) in [6.07, 6.45) is 1.65. The standard InChI is InChI=1S/C22H24BrN7O3/c1-31-18-6-4-17(5-7-18)25-20-26-21(28-22(27-20)30-9-11-33-12-10-30)29-24-14-15-13-16(23)3-8-19(15)32-2/h3-8,13-14H,9-12H2,1-2H3,(H2,25,26,27,28,29). The van der Waals surface area contributed by atoms with Crippen LogP contribution < -0.4 is 25.1 Å². The number of rotatable bonds is 8. The number of halogens is 1. The normalized spacial score (nSPS) is 13.7. The molecule has 2 N–H and O–H groups in total. The van der Waals surface area contributed by atoms with E-state index in [1.807, 2.05) is 42.5 Å². The Morgan fingerprint density at radius 1 is 1.00 bits per heavy atom. The molecule has 0 radical (unpaired) electrons. The highest BCUT2D eigenvalue weighted by Gasteiger charge is 2.17. The molecule has 3 aromatic rings. The predicted octanol–water partition coefficient (Wildman–Crippen LogP) is 3.68. The monoisotopic (exact) mass is 513 g/mol. The second-order valence-corrected chi connectivity index (χ2v) is 7.91. The zero-order chi connectivity index (χ0) is 23.0. The minimum atomic E-state index is 0.313. The van der Waals surface area contributed by atoms with Gasteiger partial charge >= 0.3 is 0 Å². The van der Waals surface area contributed by atoms with Crippen molar-refractivity contribution in [2.75, 3.05) is 56.2 Å². The molecule has 0 bridgehead atoms. The minimum Gasteiger partial charge on any atom is -0.497 e. The lowest BCUT2D eigenvalue weighted by atomic mass is 10.2. The Labute approximate surface area is 200 Å². The van der Waals surface area contributed by atoms with E-state index in [0.717, 1.165) is 21.5 Å². The number of benzene rings is 2. The third-order valence-electron chi connectivity index (χ3n) is 4.82. The van der Waals surface area contributed by atoms with Gasteiger partial charge in [-0.25, -0.2) is 5.43 Å². The van der Waals surface area contributed by atoms with Gasteiger partial charge < -0.3 is 24.4 Å². The largest absolute Gasteiger partial charge is 0.497 e. The van der Waals surface area contributed by atoms with E-state index in [1.165, 1.54) is 0 Å². The van der Waals surface area contributed by atoms with Gasteiger partial charge in [-0.1, -0.05) is 15.9 Å². The molecule has 10 nitrogen and oxygen atoms in total. The first-order valence-electron chi connectivity index (χ1n) is 10.3. The number of hydrogen-bond donors (Lipinski definition) is 2. The molecule has 33 heavy (non-hydrogen) atoms. The third kappa shape index (κ3) is 6.08. The lowest BCUT2D eigenvalue weighted by Crippen LogP contribution is -2.37. The summed E-state index contributed by atoms with van der Waals surface area (Å²) in [6.45, 7) is 2.64. The van der Waals surface area contributed by atoms with E-state index in [-0.39, 0.29) is 0 Å². The minimum absolute atomic E-state index is 0.313. The smallest absolute Gasteiger partial charge is 0.250 e. The highest BCUT2D eigenvalue weighted by Crippen LogP contribution is 2.22. The van der Waals surface area contributed by atoms with Crippen LogP contribution in [0.2, 0.25) is 0 Å². The van der Waals surface area contributed by atoms with E-state index in [4.69, 9.17) is 14.2 Å². The lowest BCUT2D eigenvalue weighted by molar-refractivity contribution is 0.122. The average molecular weight is 514 g/mol. The molecule has 4 rings (SSSR count). The average Bonchev–Trinajstić information content (AvgIpc) is 2.85. The van der Waals surface area contributed by atoms with E-state index in [1.54, 1.807) is 20.4 Å². The summed E-state index contributed by atoms with van der Waals surface area (Å²) in [6, 6.07) is 13.2. The van der Waals surface area contributed by atoms with E-state index in [9.17, 15) is 0 Å². The first-order chi connectivity index (χ1) is 16.1. The van der Waals surface area contributed by atoms with Gasteiger partial charge in [0.25, 0.3) is 0 Å². The molecule has 0 unspecified atom stereocenters. The fraction of sp³-hybridized carbons (Fsp3) is 0.273. The maximum absolute atomic E-state index is 5.45. The van der Waals surface area contributed by atoms with Crippen molar-refractivity contribution >= 4 is 45.7 Å². The summed E-state index contributed by atoms with van der Waals surface area (Å²) in [5, 5.41) is 7.52. The molecular weight excluding hydrogens is 490 g/mol. The van der Waals surface area contributed by atoms with Gasteiger partial charge in [0, 0.05) is 28.8 Å². The van der Waals surface area contributed by atoms with Gasteiger partial charge in [-0.2, -0.15) is 20.1 Å². The predicted molar refractivity (Wildman–Crippen MR) is 131 cm³/mol. The topological polar surface area (TPSA) is 106 Å². The molecule has 0 amide bonds. The Morgan fingerprint density at radius 3 is 2.48 bits per heavy atom. The number of aromatic nitrogens is 3. The van der Waals surface area contributed by atoms with Crippen LogP contribution in [0.25, 0.3) is 0 Å². The van der Waals surface area contributed by atoms with Gasteiger partial charge in [0.2, 0.25) is 17.8 Å². The summed E-state index contributed by atoms with van der Waals surface area (Å²) in [4.78, 5) is 15.6.